The van der Waals surface area contributed by atoms with Gasteiger partial charge in [0.1, 0.15) is 0 Å². The first-order valence-corrected chi connectivity index (χ1v) is 6.94. The fraction of sp³-hybridized carbons (Fsp3) is 0.250. The van der Waals surface area contributed by atoms with Crippen LogP contribution in [0.2, 0.25) is 0 Å². The molecule has 3 aromatic rings. The zero-order chi connectivity index (χ0) is 13.9. The number of aryl methyl sites for hydroxylation is 1. The van der Waals surface area contributed by atoms with Crippen molar-refractivity contribution < 1.29 is 0 Å². The Balaban J connectivity index is 2.09. The quantitative estimate of drug-likeness (QED) is 0.790. The molecular weight excluding hydrogens is 248 g/mol. The van der Waals surface area contributed by atoms with E-state index in [4.69, 9.17) is 5.73 Å². The lowest BCUT2D eigenvalue weighted by atomic mass is 10.0. The van der Waals surface area contributed by atoms with Gasteiger partial charge in [0.25, 0.3) is 0 Å². The van der Waals surface area contributed by atoms with Crippen LogP contribution in [-0.4, -0.2) is 14.4 Å². The molecule has 0 saturated carbocycles. The van der Waals surface area contributed by atoms with Crippen LogP contribution in [0.5, 0.6) is 0 Å². The molecule has 0 aliphatic carbocycles. The number of imidazole rings is 1. The third-order valence-corrected chi connectivity index (χ3v) is 3.46. The van der Waals surface area contributed by atoms with E-state index in [1.165, 1.54) is 5.56 Å². The zero-order valence-electron chi connectivity index (χ0n) is 11.6. The molecule has 0 amide bonds. The van der Waals surface area contributed by atoms with Gasteiger partial charge in [-0.25, -0.2) is 9.97 Å². The van der Waals surface area contributed by atoms with E-state index in [0.717, 1.165) is 29.8 Å². The number of benzene rings is 1. The maximum absolute atomic E-state index is 5.89. The van der Waals surface area contributed by atoms with E-state index in [0.29, 0.717) is 12.3 Å². The number of rotatable bonds is 4. The van der Waals surface area contributed by atoms with E-state index in [9.17, 15) is 0 Å². The topological polar surface area (TPSA) is 56.2 Å². The van der Waals surface area contributed by atoms with Crippen LogP contribution in [0.1, 0.15) is 24.6 Å². The van der Waals surface area contributed by atoms with Crippen LogP contribution in [0.25, 0.3) is 17.0 Å². The summed E-state index contributed by atoms with van der Waals surface area (Å²) in [7, 11) is 0. The van der Waals surface area contributed by atoms with Crippen LogP contribution in [-0.2, 0) is 13.0 Å². The first kappa shape index (κ1) is 12.8. The van der Waals surface area contributed by atoms with Crippen molar-refractivity contribution >= 4 is 5.78 Å². The highest BCUT2D eigenvalue weighted by molar-refractivity contribution is 5.65. The van der Waals surface area contributed by atoms with Crippen LogP contribution in [0.15, 0.2) is 42.7 Å². The molecule has 20 heavy (non-hydrogen) atoms. The van der Waals surface area contributed by atoms with E-state index in [-0.39, 0.29) is 0 Å². The Hall–Kier alpha value is -2.20. The fourth-order valence-electron chi connectivity index (χ4n) is 2.48. The molecule has 0 spiro atoms. The van der Waals surface area contributed by atoms with E-state index < -0.39 is 0 Å². The Bertz CT molecular complexity index is 713. The van der Waals surface area contributed by atoms with E-state index in [1.54, 1.807) is 6.20 Å². The predicted octanol–water partition coefficient (Wildman–Crippen LogP) is 2.81. The zero-order valence-corrected chi connectivity index (χ0v) is 11.6. The molecule has 0 bridgehead atoms. The molecule has 0 unspecified atom stereocenters. The molecule has 2 heterocycles. The van der Waals surface area contributed by atoms with Gasteiger partial charge < -0.3 is 5.73 Å². The molecule has 0 aliphatic heterocycles. The van der Waals surface area contributed by atoms with Gasteiger partial charge in [-0.05, 0) is 18.1 Å². The van der Waals surface area contributed by atoms with Gasteiger partial charge in [0.05, 0.1) is 11.4 Å². The minimum Gasteiger partial charge on any atom is -0.325 e. The molecule has 3 rings (SSSR count). The summed E-state index contributed by atoms with van der Waals surface area (Å²) in [6.07, 6.45) is 5.96. The Kier molecular flexibility index (Phi) is 3.48. The highest BCUT2D eigenvalue weighted by Crippen LogP contribution is 2.24. The fourth-order valence-corrected chi connectivity index (χ4v) is 2.48. The van der Waals surface area contributed by atoms with E-state index >= 15 is 0 Å². The van der Waals surface area contributed by atoms with Crippen LogP contribution < -0.4 is 5.73 Å². The Morgan fingerprint density at radius 3 is 2.70 bits per heavy atom. The monoisotopic (exact) mass is 266 g/mol. The maximum Gasteiger partial charge on any atom is 0.234 e. The second kappa shape index (κ2) is 5.43. The van der Waals surface area contributed by atoms with Crippen molar-refractivity contribution in [3.8, 4) is 11.3 Å². The summed E-state index contributed by atoms with van der Waals surface area (Å²) in [4.78, 5) is 8.88. The van der Waals surface area contributed by atoms with Crippen molar-refractivity contribution in [2.75, 3.05) is 0 Å². The number of aromatic nitrogens is 3. The average Bonchev–Trinajstić information content (AvgIpc) is 2.87. The van der Waals surface area contributed by atoms with Crippen LogP contribution in [0.4, 0.5) is 0 Å². The number of nitrogens with two attached hydrogens (primary N) is 1. The average molecular weight is 266 g/mol. The number of hydrogen-bond donors (Lipinski definition) is 1. The molecule has 2 N–H and O–H groups in total. The van der Waals surface area contributed by atoms with Crippen LogP contribution >= 0.6 is 0 Å². The Morgan fingerprint density at radius 1 is 1.20 bits per heavy atom. The Labute approximate surface area is 118 Å². The number of nitrogens with zero attached hydrogens (tertiary/aromatic N) is 3. The van der Waals surface area contributed by atoms with Crippen molar-refractivity contribution in [2.45, 2.75) is 26.3 Å². The third kappa shape index (κ3) is 2.18. The van der Waals surface area contributed by atoms with E-state index in [1.807, 2.05) is 16.7 Å². The molecule has 0 atom stereocenters. The second-order valence-electron chi connectivity index (χ2n) is 4.85. The highest BCUT2D eigenvalue weighted by atomic mass is 15.1. The third-order valence-electron chi connectivity index (χ3n) is 3.46. The molecule has 0 saturated heterocycles. The molecular formula is C16H18N4. The van der Waals surface area contributed by atoms with Gasteiger partial charge in [0.2, 0.25) is 5.78 Å². The molecule has 0 fully saturated rings. The largest absolute Gasteiger partial charge is 0.325 e. The van der Waals surface area contributed by atoms with Crippen LogP contribution in [0.3, 0.4) is 0 Å². The number of fused-ring (bicyclic) bond motifs is 1. The van der Waals surface area contributed by atoms with Gasteiger partial charge >= 0.3 is 0 Å². The molecule has 0 aliphatic rings. The summed E-state index contributed by atoms with van der Waals surface area (Å²) in [6.45, 7) is 2.63. The summed E-state index contributed by atoms with van der Waals surface area (Å²) in [5, 5.41) is 0. The molecule has 2 aromatic heterocycles. The summed E-state index contributed by atoms with van der Waals surface area (Å²) >= 11 is 0. The smallest absolute Gasteiger partial charge is 0.234 e. The second-order valence-corrected chi connectivity index (χ2v) is 4.85. The minimum atomic E-state index is 0.443. The summed E-state index contributed by atoms with van der Waals surface area (Å²) in [6, 6.07) is 10.5. The van der Waals surface area contributed by atoms with Gasteiger partial charge in [0.15, 0.2) is 0 Å². The maximum atomic E-state index is 5.89. The van der Waals surface area contributed by atoms with Gasteiger partial charge in [-0.1, -0.05) is 37.6 Å². The van der Waals surface area contributed by atoms with Gasteiger partial charge in [0, 0.05) is 24.5 Å². The first-order chi connectivity index (χ1) is 9.83. The summed E-state index contributed by atoms with van der Waals surface area (Å²) in [5.74, 6) is 0.695. The molecule has 0 radical (unpaired) electrons. The van der Waals surface area contributed by atoms with Gasteiger partial charge in [-0.15, -0.1) is 0 Å². The Morgan fingerprint density at radius 2 is 2.00 bits per heavy atom. The molecule has 102 valence electrons. The van der Waals surface area contributed by atoms with Gasteiger partial charge in [-0.3, -0.25) is 4.40 Å². The molecule has 1 aromatic carbocycles. The standard InChI is InChI=1S/C16H18N4/c1-2-4-12-5-7-13(8-6-12)15-14(11-17)20-10-3-9-18-16(20)19-15/h3,5-10H,2,4,11,17H2,1H3. The van der Waals surface area contributed by atoms with Crippen molar-refractivity contribution in [3.63, 3.8) is 0 Å². The number of hydrogen-bond acceptors (Lipinski definition) is 3. The van der Waals surface area contributed by atoms with Crippen LogP contribution in [0, 0.1) is 0 Å². The predicted molar refractivity (Wildman–Crippen MR) is 80.3 cm³/mol. The normalized spacial score (nSPS) is 11.1. The van der Waals surface area contributed by atoms with E-state index in [2.05, 4.69) is 41.2 Å². The first-order valence-electron chi connectivity index (χ1n) is 6.94. The lowest BCUT2D eigenvalue weighted by molar-refractivity contribution is 0.922. The summed E-state index contributed by atoms with van der Waals surface area (Å²) in [5.41, 5.74) is 10.3. The van der Waals surface area contributed by atoms with Crippen molar-refractivity contribution in [3.05, 3.63) is 54.0 Å². The highest BCUT2D eigenvalue weighted by Gasteiger charge is 2.12. The van der Waals surface area contributed by atoms with Crippen molar-refractivity contribution in [1.82, 2.24) is 14.4 Å². The van der Waals surface area contributed by atoms with Crippen molar-refractivity contribution in [2.24, 2.45) is 5.73 Å². The molecule has 4 heteroatoms. The van der Waals surface area contributed by atoms with Crippen molar-refractivity contribution in [1.29, 1.82) is 0 Å². The lowest BCUT2D eigenvalue weighted by Gasteiger charge is -2.03. The van der Waals surface area contributed by atoms with Gasteiger partial charge in [-0.2, -0.15) is 0 Å². The molecule has 4 nitrogen and oxygen atoms in total. The lowest BCUT2D eigenvalue weighted by Crippen LogP contribution is -2.02. The summed E-state index contributed by atoms with van der Waals surface area (Å²) < 4.78 is 1.95. The SMILES string of the molecule is CCCc1ccc(-c2nc3ncccn3c2CN)cc1. The minimum absolute atomic E-state index is 0.443.